The molecule has 2 aromatic rings. The number of nitro groups is 1. The highest BCUT2D eigenvalue weighted by molar-refractivity contribution is 6.33. The Bertz CT molecular complexity index is 669. The van der Waals surface area contributed by atoms with Crippen LogP contribution in [0.1, 0.15) is 11.1 Å². The number of hydrogen-bond acceptors (Lipinski definition) is 3. The van der Waals surface area contributed by atoms with Crippen molar-refractivity contribution in [2.24, 2.45) is 0 Å². The van der Waals surface area contributed by atoms with Crippen molar-refractivity contribution in [3.05, 3.63) is 55.8 Å². The lowest BCUT2D eigenvalue weighted by Gasteiger charge is -2.05. The first kappa shape index (κ1) is 12.8. The minimum absolute atomic E-state index is 0.214. The van der Waals surface area contributed by atoms with Gasteiger partial charge in [0.05, 0.1) is 10.4 Å². The van der Waals surface area contributed by atoms with E-state index in [-0.39, 0.29) is 5.15 Å². The molecule has 0 saturated carbocycles. The maximum absolute atomic E-state index is 10.3. The number of hydrogen-bond donors (Lipinski definition) is 0. The van der Waals surface area contributed by atoms with Crippen molar-refractivity contribution in [3.63, 3.8) is 0 Å². The number of nitrogens with zero attached hydrogens (tertiary/aromatic N) is 2. The molecule has 1 heterocycles. The normalized spacial score (nSPS) is 11.3. The maximum Gasteiger partial charge on any atom is 0.235 e. The zero-order chi connectivity index (χ0) is 13.3. The van der Waals surface area contributed by atoms with Gasteiger partial charge in [0.2, 0.25) is 6.20 Å². The molecule has 0 fully saturated rings. The lowest BCUT2D eigenvalue weighted by atomic mass is 10.1. The third kappa shape index (κ3) is 2.44. The Morgan fingerprint density at radius 3 is 2.78 bits per heavy atom. The van der Waals surface area contributed by atoms with E-state index in [2.05, 4.69) is 4.98 Å². The van der Waals surface area contributed by atoms with Gasteiger partial charge in [-0.15, -0.1) is 0 Å². The van der Waals surface area contributed by atoms with Crippen molar-refractivity contribution >= 4 is 40.2 Å². The smallest absolute Gasteiger partial charge is 0.235 e. The largest absolute Gasteiger partial charge is 0.259 e. The zero-order valence-corrected chi connectivity index (χ0v) is 10.9. The van der Waals surface area contributed by atoms with Gasteiger partial charge in [-0.2, -0.15) is 0 Å². The molecule has 0 aliphatic heterocycles. The van der Waals surface area contributed by atoms with E-state index in [0.717, 1.165) is 17.1 Å². The highest BCUT2D eigenvalue weighted by Gasteiger charge is 2.07. The summed E-state index contributed by atoms with van der Waals surface area (Å²) in [5.74, 6) is 0. The van der Waals surface area contributed by atoms with Gasteiger partial charge >= 0.3 is 0 Å². The lowest BCUT2D eigenvalue weighted by molar-refractivity contribution is -0.400. The van der Waals surface area contributed by atoms with Crippen LogP contribution in [0.3, 0.4) is 0 Å². The van der Waals surface area contributed by atoms with E-state index in [9.17, 15) is 10.1 Å². The fourth-order valence-electron chi connectivity index (χ4n) is 1.61. The molecular formula is C12H8Cl2N2O2. The molecule has 0 radical (unpaired) electrons. The summed E-state index contributed by atoms with van der Waals surface area (Å²) in [6.45, 7) is 1.85. The number of benzene rings is 1. The molecule has 2 rings (SSSR count). The molecule has 0 bridgehead atoms. The molecule has 92 valence electrons. The van der Waals surface area contributed by atoms with Crippen LogP contribution in [0.15, 0.2) is 24.4 Å². The number of aromatic nitrogens is 1. The molecule has 0 atom stereocenters. The van der Waals surface area contributed by atoms with Crippen LogP contribution < -0.4 is 0 Å². The van der Waals surface area contributed by atoms with Crippen molar-refractivity contribution in [2.45, 2.75) is 6.92 Å². The average molecular weight is 283 g/mol. The molecule has 0 unspecified atom stereocenters. The first-order valence-electron chi connectivity index (χ1n) is 5.06. The highest BCUT2D eigenvalue weighted by atomic mass is 35.5. The monoisotopic (exact) mass is 282 g/mol. The van der Waals surface area contributed by atoms with Crippen LogP contribution in [0.5, 0.6) is 0 Å². The van der Waals surface area contributed by atoms with E-state index in [1.807, 2.05) is 6.92 Å². The fourth-order valence-corrected chi connectivity index (χ4v) is 1.96. The van der Waals surface area contributed by atoms with E-state index >= 15 is 0 Å². The molecule has 1 aromatic carbocycles. The molecule has 0 N–H and O–H groups in total. The van der Waals surface area contributed by atoms with Crippen LogP contribution in [0, 0.1) is 17.0 Å². The van der Waals surface area contributed by atoms with Crippen LogP contribution in [0.25, 0.3) is 17.0 Å². The van der Waals surface area contributed by atoms with Gasteiger partial charge in [0.25, 0.3) is 0 Å². The summed E-state index contributed by atoms with van der Waals surface area (Å²) < 4.78 is 0. The number of pyridine rings is 1. The van der Waals surface area contributed by atoms with Crippen molar-refractivity contribution in [2.75, 3.05) is 0 Å². The van der Waals surface area contributed by atoms with Gasteiger partial charge in [-0.05, 0) is 24.6 Å². The predicted octanol–water partition coefficient (Wildman–Crippen LogP) is 4.10. The minimum atomic E-state index is -0.548. The Morgan fingerprint density at radius 1 is 1.39 bits per heavy atom. The Labute approximate surface area is 113 Å². The quantitative estimate of drug-likeness (QED) is 0.473. The second kappa shape index (κ2) is 4.92. The standard InChI is InChI=1S/C12H8Cl2N2O2/c1-7-10(13)3-2-8-6-9(4-5-16(17)18)12(14)15-11(7)8/h2-6H,1H3/b5-4+. The average Bonchev–Trinajstić information content (AvgIpc) is 2.32. The first-order valence-corrected chi connectivity index (χ1v) is 5.81. The van der Waals surface area contributed by atoms with Gasteiger partial charge in [-0.1, -0.05) is 29.3 Å². The summed E-state index contributed by atoms with van der Waals surface area (Å²) in [5.41, 5.74) is 2.04. The second-order valence-corrected chi connectivity index (χ2v) is 4.48. The third-order valence-corrected chi connectivity index (χ3v) is 3.24. The van der Waals surface area contributed by atoms with Crippen molar-refractivity contribution < 1.29 is 4.92 Å². The van der Waals surface area contributed by atoms with Crippen molar-refractivity contribution in [1.29, 1.82) is 0 Å². The fraction of sp³-hybridized carbons (Fsp3) is 0.0833. The Hall–Kier alpha value is -1.65. The summed E-state index contributed by atoms with van der Waals surface area (Å²) in [4.78, 5) is 14.0. The van der Waals surface area contributed by atoms with Crippen LogP contribution in [0.4, 0.5) is 0 Å². The molecule has 0 amide bonds. The highest BCUT2D eigenvalue weighted by Crippen LogP contribution is 2.27. The zero-order valence-electron chi connectivity index (χ0n) is 9.35. The molecule has 0 saturated heterocycles. The van der Waals surface area contributed by atoms with Crippen molar-refractivity contribution in [1.82, 2.24) is 4.98 Å². The summed E-state index contributed by atoms with van der Waals surface area (Å²) in [6, 6.07) is 5.31. The van der Waals surface area contributed by atoms with E-state index in [1.54, 1.807) is 18.2 Å². The topological polar surface area (TPSA) is 56.0 Å². The molecule has 4 nitrogen and oxygen atoms in total. The van der Waals surface area contributed by atoms with E-state index in [1.165, 1.54) is 6.08 Å². The first-order chi connectivity index (χ1) is 8.49. The second-order valence-electron chi connectivity index (χ2n) is 3.71. The van der Waals surface area contributed by atoms with Gasteiger partial charge in [-0.3, -0.25) is 10.1 Å². The van der Waals surface area contributed by atoms with E-state index < -0.39 is 4.92 Å². The molecule has 0 aliphatic rings. The van der Waals surface area contributed by atoms with Gasteiger partial charge < -0.3 is 0 Å². The van der Waals surface area contributed by atoms with Gasteiger partial charge in [-0.25, -0.2) is 4.98 Å². The Kier molecular flexibility index (Phi) is 3.50. The van der Waals surface area contributed by atoms with Crippen molar-refractivity contribution in [3.8, 4) is 0 Å². The SMILES string of the molecule is Cc1c(Cl)ccc2cc(/C=C/[N+](=O)[O-])c(Cl)nc12. The predicted molar refractivity (Wildman–Crippen MR) is 72.5 cm³/mol. The summed E-state index contributed by atoms with van der Waals surface area (Å²) in [5, 5.41) is 11.9. The number of aryl methyl sites for hydroxylation is 1. The lowest BCUT2D eigenvalue weighted by Crippen LogP contribution is -1.89. The Balaban J connectivity index is 2.63. The molecule has 0 aliphatic carbocycles. The van der Waals surface area contributed by atoms with E-state index in [4.69, 9.17) is 23.2 Å². The van der Waals surface area contributed by atoms with Crippen LogP contribution in [-0.4, -0.2) is 9.91 Å². The van der Waals surface area contributed by atoms with Crippen LogP contribution >= 0.6 is 23.2 Å². The third-order valence-electron chi connectivity index (χ3n) is 2.53. The van der Waals surface area contributed by atoms with Gasteiger partial charge in [0, 0.05) is 22.0 Å². The number of halogens is 2. The number of rotatable bonds is 2. The summed E-state index contributed by atoms with van der Waals surface area (Å²) >= 11 is 12.0. The minimum Gasteiger partial charge on any atom is -0.259 e. The molecule has 6 heteroatoms. The van der Waals surface area contributed by atoms with Crippen LogP contribution in [-0.2, 0) is 0 Å². The molecule has 1 aromatic heterocycles. The van der Waals surface area contributed by atoms with Gasteiger partial charge in [0.1, 0.15) is 5.15 Å². The maximum atomic E-state index is 10.3. The molecule has 18 heavy (non-hydrogen) atoms. The molecule has 0 spiro atoms. The Morgan fingerprint density at radius 2 is 2.11 bits per heavy atom. The molecular weight excluding hydrogens is 275 g/mol. The van der Waals surface area contributed by atoms with Gasteiger partial charge in [0.15, 0.2) is 0 Å². The summed E-state index contributed by atoms with van der Waals surface area (Å²) in [6.07, 6.45) is 2.15. The van der Waals surface area contributed by atoms with Crippen LogP contribution in [0.2, 0.25) is 10.2 Å². The number of fused-ring (bicyclic) bond motifs is 1. The summed E-state index contributed by atoms with van der Waals surface area (Å²) in [7, 11) is 0. The van der Waals surface area contributed by atoms with E-state index in [0.29, 0.717) is 16.1 Å².